The largest absolute Gasteiger partial charge is 0.493 e. The van der Waals surface area contributed by atoms with Crippen LogP contribution in [0.5, 0.6) is 5.75 Å². The number of hydrogen-bond acceptors (Lipinski definition) is 4. The van der Waals surface area contributed by atoms with Crippen LogP contribution in [0.25, 0.3) is 0 Å². The van der Waals surface area contributed by atoms with Gasteiger partial charge in [0.1, 0.15) is 12.4 Å². The molecule has 0 bridgehead atoms. The standard InChI is InChI=1S/C18H24N2O4/c1-23-13-18(22)19-10-8-14(11-19)12-24-16-6-4-15(5-7-16)20-9-2-3-17(20)21/h4-7,14H,2-3,8-13H2,1H3. The van der Waals surface area contributed by atoms with Crippen LogP contribution in [0.2, 0.25) is 0 Å². The van der Waals surface area contributed by atoms with Gasteiger partial charge >= 0.3 is 0 Å². The van der Waals surface area contributed by atoms with Gasteiger partial charge in [-0.1, -0.05) is 0 Å². The first-order valence-corrected chi connectivity index (χ1v) is 8.47. The fourth-order valence-corrected chi connectivity index (χ4v) is 3.27. The van der Waals surface area contributed by atoms with Crippen molar-refractivity contribution in [3.63, 3.8) is 0 Å². The smallest absolute Gasteiger partial charge is 0.248 e. The first kappa shape index (κ1) is 16.8. The van der Waals surface area contributed by atoms with E-state index >= 15 is 0 Å². The molecule has 1 aromatic carbocycles. The van der Waals surface area contributed by atoms with Gasteiger partial charge in [-0.15, -0.1) is 0 Å². The van der Waals surface area contributed by atoms with Crippen LogP contribution >= 0.6 is 0 Å². The molecule has 3 rings (SSSR count). The Morgan fingerprint density at radius 3 is 2.71 bits per heavy atom. The number of amides is 2. The molecule has 6 heteroatoms. The highest BCUT2D eigenvalue weighted by Gasteiger charge is 2.26. The Labute approximate surface area is 142 Å². The molecule has 6 nitrogen and oxygen atoms in total. The summed E-state index contributed by atoms with van der Waals surface area (Å²) in [7, 11) is 1.54. The van der Waals surface area contributed by atoms with Crippen LogP contribution in [-0.2, 0) is 14.3 Å². The number of benzene rings is 1. The summed E-state index contributed by atoms with van der Waals surface area (Å²) in [4.78, 5) is 27.2. The van der Waals surface area contributed by atoms with Crippen molar-refractivity contribution in [1.29, 1.82) is 0 Å². The van der Waals surface area contributed by atoms with E-state index < -0.39 is 0 Å². The third-order valence-corrected chi connectivity index (χ3v) is 4.61. The molecule has 0 spiro atoms. The molecule has 2 saturated heterocycles. The molecular formula is C18H24N2O4. The maximum absolute atomic E-state index is 11.8. The van der Waals surface area contributed by atoms with E-state index in [0.717, 1.165) is 43.9 Å². The SMILES string of the molecule is COCC(=O)N1CCC(COc2ccc(N3CCCC3=O)cc2)C1. The molecule has 2 heterocycles. The van der Waals surface area contributed by atoms with Crippen molar-refractivity contribution in [2.24, 2.45) is 5.92 Å². The van der Waals surface area contributed by atoms with E-state index in [9.17, 15) is 9.59 Å². The lowest BCUT2D eigenvalue weighted by molar-refractivity contribution is -0.134. The maximum Gasteiger partial charge on any atom is 0.248 e. The minimum absolute atomic E-state index is 0.0413. The minimum Gasteiger partial charge on any atom is -0.493 e. The zero-order valence-electron chi connectivity index (χ0n) is 14.1. The van der Waals surface area contributed by atoms with Crippen molar-refractivity contribution in [3.05, 3.63) is 24.3 Å². The zero-order valence-corrected chi connectivity index (χ0v) is 14.1. The number of anilines is 1. The average Bonchev–Trinajstić information content (AvgIpc) is 3.23. The van der Waals surface area contributed by atoms with Crippen LogP contribution < -0.4 is 9.64 Å². The molecule has 1 aromatic rings. The number of nitrogens with zero attached hydrogens (tertiary/aromatic N) is 2. The Kier molecular flexibility index (Phi) is 5.35. The Morgan fingerprint density at radius 2 is 2.04 bits per heavy atom. The van der Waals surface area contributed by atoms with Crippen molar-refractivity contribution in [1.82, 2.24) is 4.90 Å². The fourth-order valence-electron chi connectivity index (χ4n) is 3.27. The van der Waals surface area contributed by atoms with Gasteiger partial charge in [-0.2, -0.15) is 0 Å². The highest BCUT2D eigenvalue weighted by molar-refractivity contribution is 5.95. The zero-order chi connectivity index (χ0) is 16.9. The van der Waals surface area contributed by atoms with E-state index in [1.54, 1.807) is 0 Å². The molecular weight excluding hydrogens is 308 g/mol. The Balaban J connectivity index is 1.47. The molecule has 0 saturated carbocycles. The van der Waals surface area contributed by atoms with Crippen molar-refractivity contribution >= 4 is 17.5 Å². The van der Waals surface area contributed by atoms with Crippen molar-refractivity contribution in [2.75, 3.05) is 44.9 Å². The highest BCUT2D eigenvalue weighted by atomic mass is 16.5. The number of likely N-dealkylation sites (tertiary alicyclic amines) is 1. The molecule has 0 aromatic heterocycles. The summed E-state index contributed by atoms with van der Waals surface area (Å²) >= 11 is 0. The van der Waals surface area contributed by atoms with Crippen LogP contribution in [0.15, 0.2) is 24.3 Å². The summed E-state index contributed by atoms with van der Waals surface area (Å²) in [5.74, 6) is 1.38. The Hall–Kier alpha value is -2.08. The van der Waals surface area contributed by atoms with E-state index in [-0.39, 0.29) is 18.4 Å². The molecule has 24 heavy (non-hydrogen) atoms. The molecule has 2 fully saturated rings. The lowest BCUT2D eigenvalue weighted by atomic mass is 10.1. The van der Waals surface area contributed by atoms with Gasteiger partial charge in [0.2, 0.25) is 11.8 Å². The van der Waals surface area contributed by atoms with Gasteiger partial charge < -0.3 is 19.3 Å². The predicted molar refractivity (Wildman–Crippen MR) is 90.1 cm³/mol. The van der Waals surface area contributed by atoms with Crippen molar-refractivity contribution < 1.29 is 19.1 Å². The molecule has 1 unspecified atom stereocenters. The van der Waals surface area contributed by atoms with Crippen LogP contribution in [0.4, 0.5) is 5.69 Å². The Bertz CT molecular complexity index is 587. The average molecular weight is 332 g/mol. The predicted octanol–water partition coefficient (Wildman–Crippen LogP) is 1.69. The van der Waals surface area contributed by atoms with E-state index in [0.29, 0.717) is 18.9 Å². The quantitative estimate of drug-likeness (QED) is 0.795. The topological polar surface area (TPSA) is 59.1 Å². The summed E-state index contributed by atoms with van der Waals surface area (Å²) in [5.41, 5.74) is 0.932. The van der Waals surface area contributed by atoms with Crippen LogP contribution in [-0.4, -0.2) is 56.7 Å². The highest BCUT2D eigenvalue weighted by Crippen LogP contribution is 2.25. The molecule has 2 aliphatic rings. The summed E-state index contributed by atoms with van der Waals surface area (Å²) in [6.07, 6.45) is 2.52. The number of carbonyl (C=O) groups is 2. The fraction of sp³-hybridized carbons (Fsp3) is 0.556. The van der Waals surface area contributed by atoms with Gasteiger partial charge in [0, 0.05) is 44.8 Å². The van der Waals surface area contributed by atoms with Gasteiger partial charge in [-0.25, -0.2) is 0 Å². The minimum atomic E-state index is 0.0413. The lowest BCUT2D eigenvalue weighted by Gasteiger charge is -2.17. The third-order valence-electron chi connectivity index (χ3n) is 4.61. The van der Waals surface area contributed by atoms with E-state index in [2.05, 4.69) is 0 Å². The van der Waals surface area contributed by atoms with Crippen LogP contribution in [0.3, 0.4) is 0 Å². The Morgan fingerprint density at radius 1 is 1.25 bits per heavy atom. The van der Waals surface area contributed by atoms with Crippen molar-refractivity contribution in [2.45, 2.75) is 19.3 Å². The van der Waals surface area contributed by atoms with Crippen LogP contribution in [0.1, 0.15) is 19.3 Å². The van der Waals surface area contributed by atoms with Gasteiger partial charge in [0.05, 0.1) is 6.61 Å². The number of carbonyl (C=O) groups excluding carboxylic acids is 2. The third kappa shape index (κ3) is 3.87. The van der Waals surface area contributed by atoms with Gasteiger partial charge in [-0.3, -0.25) is 9.59 Å². The maximum atomic E-state index is 11.8. The first-order valence-electron chi connectivity index (χ1n) is 8.47. The molecule has 2 amide bonds. The molecule has 0 radical (unpaired) electrons. The van der Waals surface area contributed by atoms with E-state index in [4.69, 9.17) is 9.47 Å². The normalized spacial score (nSPS) is 20.7. The van der Waals surface area contributed by atoms with Crippen molar-refractivity contribution in [3.8, 4) is 5.75 Å². The summed E-state index contributed by atoms with van der Waals surface area (Å²) in [5, 5.41) is 0. The second-order valence-corrected chi connectivity index (χ2v) is 6.38. The molecule has 1 atom stereocenters. The van der Waals surface area contributed by atoms with E-state index in [1.165, 1.54) is 7.11 Å². The first-order chi connectivity index (χ1) is 11.7. The number of rotatable bonds is 6. The lowest BCUT2D eigenvalue weighted by Crippen LogP contribution is -2.32. The monoisotopic (exact) mass is 332 g/mol. The molecule has 0 aliphatic carbocycles. The molecule has 130 valence electrons. The summed E-state index contributed by atoms with van der Waals surface area (Å²) in [6.45, 7) is 3.03. The summed E-state index contributed by atoms with van der Waals surface area (Å²) < 4.78 is 10.7. The van der Waals surface area contributed by atoms with Gasteiger partial charge in [0.25, 0.3) is 0 Å². The van der Waals surface area contributed by atoms with Crippen LogP contribution in [0, 0.1) is 5.92 Å². The van der Waals surface area contributed by atoms with Gasteiger partial charge in [-0.05, 0) is 37.1 Å². The second-order valence-electron chi connectivity index (χ2n) is 6.38. The number of hydrogen-bond donors (Lipinski definition) is 0. The summed E-state index contributed by atoms with van der Waals surface area (Å²) in [6, 6.07) is 7.68. The second kappa shape index (κ2) is 7.66. The van der Waals surface area contributed by atoms with E-state index in [1.807, 2.05) is 34.1 Å². The molecule has 0 N–H and O–H groups in total. The number of methoxy groups -OCH3 is 1. The molecule has 2 aliphatic heterocycles. The van der Waals surface area contributed by atoms with Gasteiger partial charge in [0.15, 0.2) is 0 Å². The number of ether oxygens (including phenoxy) is 2.